The van der Waals surface area contributed by atoms with E-state index in [1.54, 1.807) is 35.7 Å². The van der Waals surface area contributed by atoms with Crippen molar-refractivity contribution in [2.24, 2.45) is 0 Å². The minimum atomic E-state index is 0.00378. The summed E-state index contributed by atoms with van der Waals surface area (Å²) in [5.74, 6) is 1.05. The Bertz CT molecular complexity index is 1030. The van der Waals surface area contributed by atoms with Crippen molar-refractivity contribution in [2.45, 2.75) is 24.1 Å². The quantitative estimate of drug-likeness (QED) is 0.560. The Hall–Kier alpha value is -2.43. The lowest BCUT2D eigenvalue weighted by Crippen LogP contribution is -2.29. The van der Waals surface area contributed by atoms with E-state index < -0.39 is 0 Å². The van der Waals surface area contributed by atoms with E-state index in [9.17, 15) is 9.90 Å². The number of nitrogens with zero attached hydrogens (tertiary/aromatic N) is 1. The van der Waals surface area contributed by atoms with Gasteiger partial charge < -0.3 is 10.0 Å². The van der Waals surface area contributed by atoms with Gasteiger partial charge in [-0.2, -0.15) is 0 Å². The molecule has 3 aromatic rings. The molecule has 0 saturated carbocycles. The zero-order valence-corrected chi connectivity index (χ0v) is 16.3. The minimum Gasteiger partial charge on any atom is -0.508 e. The number of carbonyl (C=O) groups is 1. The standard InChI is InChI=1S/C22H18ClNO2S/c1-14(25)24-12-17-6-5-16(15-3-2-4-20(26)10-15)9-18(17)13-27-22-11-19(23)7-8-21(22)24/h2-11,26H,12-13H2,1H3. The van der Waals surface area contributed by atoms with Crippen LogP contribution >= 0.6 is 23.4 Å². The summed E-state index contributed by atoms with van der Waals surface area (Å²) in [5.41, 5.74) is 5.22. The number of rotatable bonds is 1. The molecule has 1 aliphatic heterocycles. The highest BCUT2D eigenvalue weighted by molar-refractivity contribution is 7.98. The van der Waals surface area contributed by atoms with Gasteiger partial charge >= 0.3 is 0 Å². The summed E-state index contributed by atoms with van der Waals surface area (Å²) in [7, 11) is 0. The number of carbonyl (C=O) groups excluding carboxylic acids is 1. The molecule has 0 radical (unpaired) electrons. The number of phenols is 1. The molecule has 1 amide bonds. The van der Waals surface area contributed by atoms with Crippen LogP contribution in [0.15, 0.2) is 65.6 Å². The predicted octanol–water partition coefficient (Wildman–Crippen LogP) is 5.87. The molecule has 1 heterocycles. The number of phenolic OH excluding ortho intramolecular Hbond substituents is 1. The van der Waals surface area contributed by atoms with Crippen molar-refractivity contribution in [1.82, 2.24) is 0 Å². The zero-order valence-electron chi connectivity index (χ0n) is 14.8. The maximum atomic E-state index is 12.3. The van der Waals surface area contributed by atoms with Gasteiger partial charge in [0.25, 0.3) is 0 Å². The van der Waals surface area contributed by atoms with Gasteiger partial charge in [-0.15, -0.1) is 11.8 Å². The van der Waals surface area contributed by atoms with Crippen LogP contribution in [0.3, 0.4) is 0 Å². The highest BCUT2D eigenvalue weighted by atomic mass is 35.5. The monoisotopic (exact) mass is 395 g/mol. The molecule has 0 aromatic heterocycles. The van der Waals surface area contributed by atoms with E-state index in [1.807, 2.05) is 36.4 Å². The fourth-order valence-corrected chi connectivity index (χ4v) is 4.65. The van der Waals surface area contributed by atoms with E-state index in [2.05, 4.69) is 12.1 Å². The van der Waals surface area contributed by atoms with Crippen LogP contribution in [-0.4, -0.2) is 11.0 Å². The summed E-state index contributed by atoms with van der Waals surface area (Å²) in [6, 6.07) is 19.2. The molecule has 0 spiro atoms. The molecule has 0 unspecified atom stereocenters. The first-order chi connectivity index (χ1) is 13.0. The first kappa shape index (κ1) is 18.0. The number of amides is 1. The predicted molar refractivity (Wildman–Crippen MR) is 111 cm³/mol. The van der Waals surface area contributed by atoms with Crippen LogP contribution in [0, 0.1) is 0 Å². The Balaban J connectivity index is 1.77. The Kier molecular flexibility index (Phi) is 4.85. The number of hydrogen-bond acceptors (Lipinski definition) is 3. The van der Waals surface area contributed by atoms with Crippen LogP contribution in [0.4, 0.5) is 5.69 Å². The summed E-state index contributed by atoms with van der Waals surface area (Å²) >= 11 is 7.86. The lowest BCUT2D eigenvalue weighted by Gasteiger charge is -2.28. The second kappa shape index (κ2) is 7.29. The van der Waals surface area contributed by atoms with E-state index in [0.29, 0.717) is 11.6 Å². The van der Waals surface area contributed by atoms with E-state index in [0.717, 1.165) is 33.0 Å². The maximum absolute atomic E-state index is 12.3. The van der Waals surface area contributed by atoms with Gasteiger partial charge in [-0.25, -0.2) is 0 Å². The third-order valence-electron chi connectivity index (χ3n) is 4.69. The van der Waals surface area contributed by atoms with Crippen molar-refractivity contribution in [3.8, 4) is 16.9 Å². The maximum Gasteiger partial charge on any atom is 0.224 e. The Morgan fingerprint density at radius 2 is 1.85 bits per heavy atom. The van der Waals surface area contributed by atoms with E-state index in [1.165, 1.54) is 5.56 Å². The smallest absolute Gasteiger partial charge is 0.224 e. The van der Waals surface area contributed by atoms with Gasteiger partial charge in [-0.3, -0.25) is 4.79 Å². The third kappa shape index (κ3) is 3.68. The highest BCUT2D eigenvalue weighted by Gasteiger charge is 2.21. The molecule has 3 aromatic carbocycles. The van der Waals surface area contributed by atoms with Gasteiger partial charge in [0.2, 0.25) is 5.91 Å². The fraction of sp³-hybridized carbons (Fsp3) is 0.136. The van der Waals surface area contributed by atoms with Crippen LogP contribution in [0.2, 0.25) is 5.02 Å². The SMILES string of the molecule is CC(=O)N1Cc2ccc(-c3cccc(O)c3)cc2CSc2cc(Cl)ccc21. The van der Waals surface area contributed by atoms with E-state index >= 15 is 0 Å². The van der Waals surface area contributed by atoms with Crippen LogP contribution in [0.5, 0.6) is 5.75 Å². The third-order valence-corrected chi connectivity index (χ3v) is 6.02. The molecule has 136 valence electrons. The Labute approximate surface area is 167 Å². The summed E-state index contributed by atoms with van der Waals surface area (Å²) in [5, 5.41) is 10.4. The zero-order chi connectivity index (χ0) is 19.0. The van der Waals surface area contributed by atoms with Crippen molar-refractivity contribution in [2.75, 3.05) is 4.90 Å². The molecule has 3 nitrogen and oxygen atoms in total. The van der Waals surface area contributed by atoms with Crippen molar-refractivity contribution in [3.05, 3.63) is 76.8 Å². The normalized spacial score (nSPS) is 13.3. The number of anilines is 1. The first-order valence-electron chi connectivity index (χ1n) is 8.63. The number of hydrogen-bond donors (Lipinski definition) is 1. The number of aromatic hydroxyl groups is 1. The number of benzene rings is 3. The van der Waals surface area contributed by atoms with Crippen LogP contribution in [0.1, 0.15) is 18.1 Å². The molecule has 0 bridgehead atoms. The summed E-state index contributed by atoms with van der Waals surface area (Å²) < 4.78 is 0. The highest BCUT2D eigenvalue weighted by Crippen LogP contribution is 2.39. The lowest BCUT2D eigenvalue weighted by molar-refractivity contribution is -0.116. The average Bonchev–Trinajstić information content (AvgIpc) is 2.63. The van der Waals surface area contributed by atoms with Crippen molar-refractivity contribution in [1.29, 1.82) is 0 Å². The molecule has 5 heteroatoms. The Morgan fingerprint density at radius 1 is 1.04 bits per heavy atom. The lowest BCUT2D eigenvalue weighted by atomic mass is 9.99. The number of halogens is 1. The summed E-state index contributed by atoms with van der Waals surface area (Å²) in [6.07, 6.45) is 0. The van der Waals surface area contributed by atoms with Crippen molar-refractivity contribution >= 4 is 35.0 Å². The molecule has 1 aliphatic rings. The molecule has 4 rings (SSSR count). The molecule has 0 saturated heterocycles. The van der Waals surface area contributed by atoms with Crippen molar-refractivity contribution in [3.63, 3.8) is 0 Å². The topological polar surface area (TPSA) is 40.5 Å². The second-order valence-electron chi connectivity index (χ2n) is 6.54. The van der Waals surface area contributed by atoms with Crippen LogP contribution < -0.4 is 4.90 Å². The first-order valence-corrected chi connectivity index (χ1v) is 9.99. The average molecular weight is 396 g/mol. The number of thioether (sulfide) groups is 1. The van der Waals surface area contributed by atoms with Gasteiger partial charge in [0, 0.05) is 22.6 Å². The van der Waals surface area contributed by atoms with Gasteiger partial charge in [-0.1, -0.05) is 35.9 Å². The molecular weight excluding hydrogens is 378 g/mol. The Morgan fingerprint density at radius 3 is 2.63 bits per heavy atom. The second-order valence-corrected chi connectivity index (χ2v) is 7.99. The molecule has 27 heavy (non-hydrogen) atoms. The van der Waals surface area contributed by atoms with Gasteiger partial charge in [0.15, 0.2) is 0 Å². The van der Waals surface area contributed by atoms with Crippen LogP contribution in [-0.2, 0) is 17.1 Å². The summed E-state index contributed by atoms with van der Waals surface area (Å²) in [4.78, 5) is 15.1. The molecule has 0 fully saturated rings. The van der Waals surface area contributed by atoms with Gasteiger partial charge in [0.05, 0.1) is 12.2 Å². The molecular formula is C22H18ClNO2S. The molecule has 0 atom stereocenters. The van der Waals surface area contributed by atoms with E-state index in [4.69, 9.17) is 11.6 Å². The van der Waals surface area contributed by atoms with E-state index in [-0.39, 0.29) is 11.7 Å². The molecule has 1 N–H and O–H groups in total. The van der Waals surface area contributed by atoms with Crippen molar-refractivity contribution < 1.29 is 9.90 Å². The van der Waals surface area contributed by atoms with Gasteiger partial charge in [-0.05, 0) is 58.7 Å². The fourth-order valence-electron chi connectivity index (χ4n) is 3.30. The van der Waals surface area contributed by atoms with Gasteiger partial charge in [0.1, 0.15) is 5.75 Å². The largest absolute Gasteiger partial charge is 0.508 e. The molecule has 0 aliphatic carbocycles. The minimum absolute atomic E-state index is 0.00378. The van der Waals surface area contributed by atoms with Crippen LogP contribution in [0.25, 0.3) is 11.1 Å². The number of fused-ring (bicyclic) bond motifs is 2. The summed E-state index contributed by atoms with van der Waals surface area (Å²) in [6.45, 7) is 2.12.